The number of benzene rings is 2. The summed E-state index contributed by atoms with van der Waals surface area (Å²) in [6, 6.07) is 15.5. The van der Waals surface area contributed by atoms with Crippen molar-refractivity contribution in [2.45, 2.75) is 50.7 Å². The lowest BCUT2D eigenvalue weighted by Gasteiger charge is -2.31. The fourth-order valence-electron chi connectivity index (χ4n) is 3.45. The van der Waals surface area contributed by atoms with Crippen molar-refractivity contribution < 1.29 is 0 Å². The molecule has 3 atom stereocenters. The van der Waals surface area contributed by atoms with Crippen molar-refractivity contribution in [2.75, 3.05) is 0 Å². The van der Waals surface area contributed by atoms with Gasteiger partial charge in [0.1, 0.15) is 0 Å². The van der Waals surface area contributed by atoms with Crippen molar-refractivity contribution in [3.05, 3.63) is 48.0 Å². The summed E-state index contributed by atoms with van der Waals surface area (Å²) < 4.78 is 0. The van der Waals surface area contributed by atoms with Gasteiger partial charge in [0.15, 0.2) is 5.11 Å². The molecule has 0 spiro atoms. The summed E-state index contributed by atoms with van der Waals surface area (Å²) in [7, 11) is 0. The largest absolute Gasteiger partial charge is 0.358 e. The van der Waals surface area contributed by atoms with E-state index in [9.17, 15) is 0 Å². The molecule has 3 nitrogen and oxygen atoms in total. The van der Waals surface area contributed by atoms with E-state index in [4.69, 9.17) is 18.0 Å². The molecule has 1 saturated carbocycles. The Morgan fingerprint density at radius 2 is 1.87 bits per heavy atom. The lowest BCUT2D eigenvalue weighted by atomic mass is 9.91. The molecule has 0 bridgehead atoms. The molecule has 0 saturated heterocycles. The van der Waals surface area contributed by atoms with Gasteiger partial charge in [-0.25, -0.2) is 0 Å². The molecule has 0 unspecified atom stereocenters. The van der Waals surface area contributed by atoms with E-state index in [1.807, 2.05) is 0 Å². The minimum absolute atomic E-state index is 0.154. The van der Waals surface area contributed by atoms with Crippen molar-refractivity contribution in [2.24, 2.45) is 5.73 Å². The Labute approximate surface area is 143 Å². The molecule has 4 heteroatoms. The molecule has 0 aromatic heterocycles. The fraction of sp³-hybridized carbons (Fsp3) is 0.421. The summed E-state index contributed by atoms with van der Waals surface area (Å²) >= 11 is 5.51. The third-order valence-corrected chi connectivity index (χ3v) is 5.01. The van der Waals surface area contributed by atoms with E-state index in [2.05, 4.69) is 60.0 Å². The van der Waals surface area contributed by atoms with Gasteiger partial charge in [0, 0.05) is 12.1 Å². The molecule has 0 amide bonds. The maximum Gasteiger partial charge on any atom is 0.167 e. The maximum atomic E-state index is 6.19. The number of nitrogens with one attached hydrogen (secondary N) is 2. The molecule has 2 aromatic carbocycles. The summed E-state index contributed by atoms with van der Waals surface area (Å²) in [6.45, 7) is 2.15. The van der Waals surface area contributed by atoms with Crippen LogP contribution in [0.4, 0.5) is 0 Å². The van der Waals surface area contributed by atoms with E-state index < -0.39 is 0 Å². The van der Waals surface area contributed by atoms with Gasteiger partial charge in [-0.05, 0) is 48.3 Å². The minimum Gasteiger partial charge on any atom is -0.358 e. The number of rotatable bonds is 3. The summed E-state index contributed by atoms with van der Waals surface area (Å²) in [6.07, 6.45) is 4.64. The van der Waals surface area contributed by atoms with E-state index in [-0.39, 0.29) is 12.1 Å². The van der Waals surface area contributed by atoms with Crippen LogP contribution in [0.2, 0.25) is 0 Å². The Balaban J connectivity index is 1.68. The zero-order valence-electron chi connectivity index (χ0n) is 13.6. The lowest BCUT2D eigenvalue weighted by Crippen LogP contribution is -2.52. The molecule has 3 rings (SSSR count). The lowest BCUT2D eigenvalue weighted by molar-refractivity contribution is 0.358. The highest BCUT2D eigenvalue weighted by Gasteiger charge is 2.22. The predicted molar refractivity (Wildman–Crippen MR) is 101 cm³/mol. The SMILES string of the molecule is C[C@@H](NC(=S)N[C@H]1CCCC[C@@H]1N)c1cccc2ccccc12. The molecule has 0 heterocycles. The number of fused-ring (bicyclic) bond motifs is 1. The Kier molecular flexibility index (Phi) is 5.13. The summed E-state index contributed by atoms with van der Waals surface area (Å²) in [5.74, 6) is 0. The first-order valence-corrected chi connectivity index (χ1v) is 8.86. The van der Waals surface area contributed by atoms with Gasteiger partial charge in [0.05, 0.1) is 6.04 Å². The molecular formula is C19H25N3S. The van der Waals surface area contributed by atoms with Crippen LogP contribution >= 0.6 is 12.2 Å². The van der Waals surface area contributed by atoms with Crippen LogP contribution in [-0.4, -0.2) is 17.2 Å². The van der Waals surface area contributed by atoms with E-state index in [1.54, 1.807) is 0 Å². The van der Waals surface area contributed by atoms with Crippen LogP contribution in [0, 0.1) is 0 Å². The van der Waals surface area contributed by atoms with Gasteiger partial charge in [0.25, 0.3) is 0 Å². The van der Waals surface area contributed by atoms with Gasteiger partial charge in [-0.15, -0.1) is 0 Å². The maximum absolute atomic E-state index is 6.19. The first-order chi connectivity index (χ1) is 11.1. The van der Waals surface area contributed by atoms with Crippen LogP contribution in [0.25, 0.3) is 10.8 Å². The molecule has 1 aliphatic carbocycles. The molecule has 0 aliphatic heterocycles. The highest BCUT2D eigenvalue weighted by atomic mass is 32.1. The topological polar surface area (TPSA) is 50.1 Å². The number of thiocarbonyl (C=S) groups is 1. The van der Waals surface area contributed by atoms with Crippen LogP contribution in [-0.2, 0) is 0 Å². The van der Waals surface area contributed by atoms with Crippen LogP contribution in [0.5, 0.6) is 0 Å². The van der Waals surface area contributed by atoms with Gasteiger partial charge < -0.3 is 16.4 Å². The van der Waals surface area contributed by atoms with Crippen LogP contribution < -0.4 is 16.4 Å². The van der Waals surface area contributed by atoms with Gasteiger partial charge in [-0.3, -0.25) is 0 Å². The first-order valence-electron chi connectivity index (χ1n) is 8.45. The number of hydrogen-bond donors (Lipinski definition) is 3. The van der Waals surface area contributed by atoms with E-state index >= 15 is 0 Å². The monoisotopic (exact) mass is 327 g/mol. The van der Waals surface area contributed by atoms with Gasteiger partial charge in [0.2, 0.25) is 0 Å². The Morgan fingerprint density at radius 3 is 2.70 bits per heavy atom. The normalized spacial score (nSPS) is 22.5. The predicted octanol–water partition coefficient (Wildman–Crippen LogP) is 3.63. The van der Waals surface area contributed by atoms with Crippen molar-refractivity contribution in [1.29, 1.82) is 0 Å². The molecule has 0 radical (unpaired) electrons. The number of hydrogen-bond acceptors (Lipinski definition) is 2. The average molecular weight is 327 g/mol. The zero-order chi connectivity index (χ0) is 16.2. The summed E-state index contributed by atoms with van der Waals surface area (Å²) in [5, 5.41) is 10.1. The van der Waals surface area contributed by atoms with Crippen molar-refractivity contribution >= 4 is 28.1 Å². The van der Waals surface area contributed by atoms with Crippen LogP contribution in [0.1, 0.15) is 44.2 Å². The zero-order valence-corrected chi connectivity index (χ0v) is 14.4. The van der Waals surface area contributed by atoms with E-state index in [0.29, 0.717) is 11.2 Å². The Bertz CT molecular complexity index is 680. The standard InChI is InChI=1S/C19H25N3S/c1-13(15-10-6-8-14-7-2-3-9-16(14)15)21-19(23)22-18-12-5-4-11-17(18)20/h2-3,6-10,13,17-18H,4-5,11-12,20H2,1H3,(H2,21,22,23)/t13-,17+,18+/m1/s1. The quantitative estimate of drug-likeness (QED) is 0.754. The van der Waals surface area contributed by atoms with Crippen LogP contribution in [0.15, 0.2) is 42.5 Å². The highest BCUT2D eigenvalue weighted by Crippen LogP contribution is 2.24. The number of nitrogens with two attached hydrogens (primary N) is 1. The van der Waals surface area contributed by atoms with E-state index in [0.717, 1.165) is 12.8 Å². The molecule has 23 heavy (non-hydrogen) atoms. The third-order valence-electron chi connectivity index (χ3n) is 4.77. The van der Waals surface area contributed by atoms with Gasteiger partial charge in [-0.2, -0.15) is 0 Å². The second kappa shape index (κ2) is 7.28. The first kappa shape index (κ1) is 16.2. The minimum atomic E-state index is 0.154. The second-order valence-electron chi connectivity index (χ2n) is 6.46. The van der Waals surface area contributed by atoms with Crippen molar-refractivity contribution in [3.63, 3.8) is 0 Å². The van der Waals surface area contributed by atoms with Crippen molar-refractivity contribution in [1.82, 2.24) is 10.6 Å². The van der Waals surface area contributed by atoms with Gasteiger partial charge >= 0.3 is 0 Å². The molecular weight excluding hydrogens is 302 g/mol. The smallest absolute Gasteiger partial charge is 0.167 e. The highest BCUT2D eigenvalue weighted by molar-refractivity contribution is 7.80. The molecule has 1 aliphatic rings. The molecule has 4 N–H and O–H groups in total. The molecule has 2 aromatic rings. The molecule has 122 valence electrons. The second-order valence-corrected chi connectivity index (χ2v) is 6.87. The van der Waals surface area contributed by atoms with E-state index in [1.165, 1.54) is 29.2 Å². The Morgan fingerprint density at radius 1 is 1.13 bits per heavy atom. The third kappa shape index (κ3) is 3.82. The summed E-state index contributed by atoms with van der Waals surface area (Å²) in [5.41, 5.74) is 7.46. The molecule has 1 fully saturated rings. The van der Waals surface area contributed by atoms with Gasteiger partial charge in [-0.1, -0.05) is 55.3 Å². The fourth-order valence-corrected chi connectivity index (χ4v) is 3.78. The average Bonchev–Trinajstić information content (AvgIpc) is 2.56. The Hall–Kier alpha value is -1.65. The van der Waals surface area contributed by atoms with Crippen LogP contribution in [0.3, 0.4) is 0 Å². The summed E-state index contributed by atoms with van der Waals surface area (Å²) in [4.78, 5) is 0. The van der Waals surface area contributed by atoms with Crippen molar-refractivity contribution in [3.8, 4) is 0 Å².